The number of esters is 1. The Kier molecular flexibility index (Phi) is 9.12. The summed E-state index contributed by atoms with van der Waals surface area (Å²) in [5.74, 6) is -0.731. The van der Waals surface area contributed by atoms with E-state index in [-0.39, 0.29) is 0 Å². The topological polar surface area (TPSA) is 250 Å². The fourth-order valence-corrected chi connectivity index (χ4v) is 3.76. The number of carbonyl (C=O) groups excluding carboxylic acids is 1. The van der Waals surface area contributed by atoms with Gasteiger partial charge in [0.05, 0.1) is 6.61 Å². The van der Waals surface area contributed by atoms with Crippen molar-refractivity contribution in [2.45, 2.75) is 49.7 Å². The lowest BCUT2D eigenvalue weighted by molar-refractivity contribution is -0.216. The van der Waals surface area contributed by atoms with E-state index in [1.165, 1.54) is 0 Å². The average Bonchev–Trinajstić information content (AvgIpc) is 2.56. The summed E-state index contributed by atoms with van der Waals surface area (Å²) in [6, 6.07) is 0. The van der Waals surface area contributed by atoms with Gasteiger partial charge in [0.2, 0.25) is 0 Å². The van der Waals surface area contributed by atoms with Gasteiger partial charge in [0.15, 0.2) is 0 Å². The minimum atomic E-state index is -5.23. The Labute approximate surface area is 157 Å². The second-order valence-electron chi connectivity index (χ2n) is 5.81. The highest BCUT2D eigenvalue weighted by Crippen LogP contribution is 2.48. The molecule has 0 aromatic rings. The molecular weight excluding hydrogens is 434 g/mol. The number of phosphoric acid groups is 2. The standard InChI is InChI=1S/C11H22O15P2/c1-4(12)23-2-5(13)3-24-28(21,22)26-11-8(16)6(14)10(7(15)9(11)17)25-27(18,19)20/h5-11,13-17H,2-3H2,1H3,(H,21,22)(H2,18,19,20)/t5-,6-,7+,8-,9-,10?,11?/m1/s1. The van der Waals surface area contributed by atoms with Gasteiger partial charge in [-0.05, 0) is 0 Å². The van der Waals surface area contributed by atoms with Gasteiger partial charge >= 0.3 is 21.6 Å². The molecule has 0 bridgehead atoms. The summed E-state index contributed by atoms with van der Waals surface area (Å²) in [5.41, 5.74) is 0. The minimum absolute atomic E-state index is 0.567. The summed E-state index contributed by atoms with van der Waals surface area (Å²) in [7, 11) is -10.3. The van der Waals surface area contributed by atoms with Crippen LogP contribution in [0.4, 0.5) is 0 Å². The zero-order valence-electron chi connectivity index (χ0n) is 14.3. The average molecular weight is 456 g/mol. The van der Waals surface area contributed by atoms with E-state index in [0.717, 1.165) is 6.92 Å². The largest absolute Gasteiger partial charge is 0.472 e. The van der Waals surface area contributed by atoms with Crippen LogP contribution >= 0.6 is 15.6 Å². The van der Waals surface area contributed by atoms with E-state index >= 15 is 0 Å². The molecule has 1 saturated carbocycles. The Morgan fingerprint density at radius 3 is 1.71 bits per heavy atom. The van der Waals surface area contributed by atoms with Gasteiger partial charge in [0.25, 0.3) is 0 Å². The van der Waals surface area contributed by atoms with Crippen LogP contribution in [0.3, 0.4) is 0 Å². The molecule has 0 aromatic carbocycles. The highest BCUT2D eigenvalue weighted by Gasteiger charge is 2.54. The molecular formula is C11H22O15P2. The molecule has 28 heavy (non-hydrogen) atoms. The van der Waals surface area contributed by atoms with Crippen LogP contribution in [0, 0.1) is 0 Å². The number of hydrogen-bond acceptors (Lipinski definition) is 12. The first-order valence-corrected chi connectivity index (χ1v) is 10.6. The van der Waals surface area contributed by atoms with Gasteiger partial charge < -0.3 is 44.9 Å². The summed E-state index contributed by atoms with van der Waals surface area (Å²) in [5, 5.41) is 48.9. The van der Waals surface area contributed by atoms with Crippen LogP contribution in [-0.2, 0) is 32.2 Å². The molecule has 0 spiro atoms. The van der Waals surface area contributed by atoms with Crippen molar-refractivity contribution in [2.75, 3.05) is 13.2 Å². The second-order valence-corrected chi connectivity index (χ2v) is 8.41. The van der Waals surface area contributed by atoms with Crippen LogP contribution in [0.25, 0.3) is 0 Å². The van der Waals surface area contributed by atoms with E-state index < -0.39 is 77.6 Å². The molecule has 8 N–H and O–H groups in total. The number of rotatable bonds is 9. The SMILES string of the molecule is CC(=O)OC[C@@H](O)COP(=O)(O)OC1[C@H](O)[C@H](O)C(OP(=O)(O)O)[C@H](O)[C@H]1O. The maximum absolute atomic E-state index is 11.9. The first-order valence-electron chi connectivity index (χ1n) is 7.58. The predicted molar refractivity (Wildman–Crippen MR) is 84.2 cm³/mol. The quantitative estimate of drug-likeness (QED) is 0.123. The third-order valence-corrected chi connectivity index (χ3v) is 4.97. The number of hydrogen-bond donors (Lipinski definition) is 8. The van der Waals surface area contributed by atoms with E-state index in [1.807, 2.05) is 0 Å². The molecule has 166 valence electrons. The van der Waals surface area contributed by atoms with Crippen LogP contribution in [0.15, 0.2) is 0 Å². The molecule has 17 heteroatoms. The molecule has 0 radical (unpaired) electrons. The zero-order chi connectivity index (χ0) is 21.9. The Bertz CT molecular complexity index is 605. The molecule has 3 unspecified atom stereocenters. The molecule has 1 aliphatic rings. The van der Waals surface area contributed by atoms with Gasteiger partial charge in [-0.15, -0.1) is 0 Å². The molecule has 0 amide bonds. The van der Waals surface area contributed by atoms with Crippen molar-refractivity contribution < 1.29 is 72.4 Å². The Morgan fingerprint density at radius 1 is 0.893 bits per heavy atom. The lowest BCUT2D eigenvalue weighted by Crippen LogP contribution is -2.64. The van der Waals surface area contributed by atoms with Crippen molar-refractivity contribution in [3.8, 4) is 0 Å². The summed E-state index contributed by atoms with van der Waals surface area (Å²) in [6.45, 7) is -0.378. The van der Waals surface area contributed by atoms with E-state index in [4.69, 9.17) is 9.79 Å². The van der Waals surface area contributed by atoms with Gasteiger partial charge in [-0.3, -0.25) is 18.4 Å². The van der Waals surface area contributed by atoms with Gasteiger partial charge in [0, 0.05) is 6.92 Å². The highest BCUT2D eigenvalue weighted by molar-refractivity contribution is 7.47. The monoisotopic (exact) mass is 456 g/mol. The maximum Gasteiger partial charge on any atom is 0.472 e. The first kappa shape index (κ1) is 25.5. The smallest absolute Gasteiger partial charge is 0.463 e. The lowest BCUT2D eigenvalue weighted by atomic mass is 9.85. The normalized spacial score (nSPS) is 34.5. The van der Waals surface area contributed by atoms with Crippen LogP contribution < -0.4 is 0 Å². The fraction of sp³-hybridized carbons (Fsp3) is 0.909. The summed E-state index contributed by atoms with van der Waals surface area (Å²) in [4.78, 5) is 37.7. The van der Waals surface area contributed by atoms with E-state index in [0.29, 0.717) is 0 Å². The number of aliphatic hydroxyl groups is 5. The van der Waals surface area contributed by atoms with Crippen molar-refractivity contribution in [3.63, 3.8) is 0 Å². The van der Waals surface area contributed by atoms with Crippen molar-refractivity contribution in [1.29, 1.82) is 0 Å². The predicted octanol–water partition coefficient (Wildman–Crippen LogP) is -3.65. The van der Waals surface area contributed by atoms with Gasteiger partial charge in [-0.25, -0.2) is 9.13 Å². The van der Waals surface area contributed by atoms with Gasteiger partial charge in [-0.1, -0.05) is 0 Å². The first-order chi connectivity index (χ1) is 12.6. The van der Waals surface area contributed by atoms with Crippen LogP contribution in [0.1, 0.15) is 6.92 Å². The number of carbonyl (C=O) groups is 1. The number of ether oxygens (including phenoxy) is 1. The molecule has 8 atom stereocenters. The van der Waals surface area contributed by atoms with E-state index in [1.54, 1.807) is 0 Å². The summed E-state index contributed by atoms with van der Waals surface area (Å²) < 4.78 is 40.2. The minimum Gasteiger partial charge on any atom is -0.463 e. The van der Waals surface area contributed by atoms with E-state index in [2.05, 4.69) is 18.3 Å². The Hall–Kier alpha value is -0.510. The molecule has 1 aliphatic carbocycles. The highest BCUT2D eigenvalue weighted by atomic mass is 31.2. The van der Waals surface area contributed by atoms with E-state index in [9.17, 15) is 44.4 Å². The van der Waals surface area contributed by atoms with Crippen molar-refractivity contribution >= 4 is 21.6 Å². The van der Waals surface area contributed by atoms with Crippen molar-refractivity contribution in [2.24, 2.45) is 0 Å². The lowest BCUT2D eigenvalue weighted by Gasteiger charge is -2.43. The van der Waals surface area contributed by atoms with Crippen LogP contribution in [0.2, 0.25) is 0 Å². The number of phosphoric ester groups is 2. The molecule has 0 aliphatic heterocycles. The fourth-order valence-electron chi connectivity index (χ4n) is 2.22. The van der Waals surface area contributed by atoms with Crippen LogP contribution in [0.5, 0.6) is 0 Å². The third-order valence-electron chi connectivity index (χ3n) is 3.47. The molecule has 0 saturated heterocycles. The summed E-state index contributed by atoms with van der Waals surface area (Å²) >= 11 is 0. The Morgan fingerprint density at radius 2 is 1.32 bits per heavy atom. The summed E-state index contributed by atoms with van der Waals surface area (Å²) in [6.07, 6.45) is -14.7. The van der Waals surface area contributed by atoms with Gasteiger partial charge in [0.1, 0.15) is 49.3 Å². The number of aliphatic hydroxyl groups excluding tert-OH is 5. The Balaban J connectivity index is 2.75. The molecule has 1 rings (SSSR count). The van der Waals surface area contributed by atoms with Crippen molar-refractivity contribution in [1.82, 2.24) is 0 Å². The maximum atomic E-state index is 11.9. The second kappa shape index (κ2) is 10.00. The molecule has 0 heterocycles. The zero-order valence-corrected chi connectivity index (χ0v) is 16.1. The third kappa shape index (κ3) is 7.72. The molecule has 1 fully saturated rings. The molecule has 15 nitrogen and oxygen atoms in total. The van der Waals surface area contributed by atoms with Crippen LogP contribution in [-0.4, -0.2) is 102 Å². The van der Waals surface area contributed by atoms with Crippen molar-refractivity contribution in [3.05, 3.63) is 0 Å². The van der Waals surface area contributed by atoms with Gasteiger partial charge in [-0.2, -0.15) is 0 Å². The molecule has 0 aromatic heterocycles.